The molecule has 0 N–H and O–H groups in total. The molecule has 0 heterocycles. The maximum Gasteiger partial charge on any atom is 0.150 e. The second-order valence-electron chi connectivity index (χ2n) is 4.92. The van der Waals surface area contributed by atoms with Crippen LogP contribution in [0, 0.1) is 11.8 Å². The van der Waals surface area contributed by atoms with Gasteiger partial charge in [0.05, 0.1) is 5.75 Å². The van der Waals surface area contributed by atoms with Crippen LogP contribution in [0.5, 0.6) is 0 Å². The van der Waals surface area contributed by atoms with Crippen molar-refractivity contribution < 1.29 is 13.2 Å². The molecule has 0 aromatic heterocycles. The zero-order chi connectivity index (χ0) is 12.2. The number of rotatable bonds is 5. The standard InChI is InChI=1S/C12H22O3S/c1-3-16(14,15)8-4-5-11-9-10(2)6-7-12(11)13/h10-11H,3-9H2,1-2H3. The van der Waals surface area contributed by atoms with E-state index in [0.29, 0.717) is 24.5 Å². The maximum atomic E-state index is 11.6. The van der Waals surface area contributed by atoms with E-state index in [1.165, 1.54) is 0 Å². The maximum absolute atomic E-state index is 11.6. The highest BCUT2D eigenvalue weighted by molar-refractivity contribution is 7.91. The Balaban J connectivity index is 2.34. The van der Waals surface area contributed by atoms with Crippen molar-refractivity contribution in [2.24, 2.45) is 11.8 Å². The van der Waals surface area contributed by atoms with Crippen molar-refractivity contribution >= 4 is 15.6 Å². The van der Waals surface area contributed by atoms with E-state index < -0.39 is 9.84 Å². The van der Waals surface area contributed by atoms with Crippen LogP contribution in [-0.2, 0) is 14.6 Å². The van der Waals surface area contributed by atoms with Gasteiger partial charge in [-0.25, -0.2) is 8.42 Å². The van der Waals surface area contributed by atoms with E-state index in [4.69, 9.17) is 0 Å². The van der Waals surface area contributed by atoms with Gasteiger partial charge in [0.25, 0.3) is 0 Å². The summed E-state index contributed by atoms with van der Waals surface area (Å²) >= 11 is 0. The SMILES string of the molecule is CCS(=O)(=O)CCCC1CC(C)CCC1=O. The van der Waals surface area contributed by atoms with Crippen LogP contribution in [0.4, 0.5) is 0 Å². The Labute approximate surface area is 98.5 Å². The zero-order valence-corrected chi connectivity index (χ0v) is 11.1. The topological polar surface area (TPSA) is 51.2 Å². The van der Waals surface area contributed by atoms with Crippen LogP contribution in [0.2, 0.25) is 0 Å². The molecule has 4 heteroatoms. The fourth-order valence-electron chi connectivity index (χ4n) is 2.30. The van der Waals surface area contributed by atoms with Crippen molar-refractivity contribution in [3.8, 4) is 0 Å². The van der Waals surface area contributed by atoms with Crippen LogP contribution >= 0.6 is 0 Å². The molecule has 0 amide bonds. The molecule has 0 aromatic carbocycles. The quantitative estimate of drug-likeness (QED) is 0.747. The molecule has 0 saturated heterocycles. The summed E-state index contributed by atoms with van der Waals surface area (Å²) in [6, 6.07) is 0. The fourth-order valence-corrected chi connectivity index (χ4v) is 3.20. The monoisotopic (exact) mass is 246 g/mol. The highest BCUT2D eigenvalue weighted by Crippen LogP contribution is 2.29. The number of hydrogen-bond acceptors (Lipinski definition) is 3. The minimum absolute atomic E-state index is 0.121. The third-order valence-corrected chi connectivity index (χ3v) is 5.26. The molecule has 1 aliphatic carbocycles. The van der Waals surface area contributed by atoms with Crippen molar-refractivity contribution in [3.05, 3.63) is 0 Å². The Hall–Kier alpha value is -0.380. The van der Waals surface area contributed by atoms with E-state index in [-0.39, 0.29) is 17.4 Å². The number of hydrogen-bond donors (Lipinski definition) is 0. The first-order valence-corrected chi connectivity index (χ1v) is 8.00. The normalized spacial score (nSPS) is 27.0. The zero-order valence-electron chi connectivity index (χ0n) is 10.2. The summed E-state index contributed by atoms with van der Waals surface area (Å²) in [6.07, 6.45) is 4.03. The Kier molecular flexibility index (Phi) is 4.96. The summed E-state index contributed by atoms with van der Waals surface area (Å²) in [4.78, 5) is 11.6. The first-order valence-electron chi connectivity index (χ1n) is 6.17. The summed E-state index contributed by atoms with van der Waals surface area (Å²) in [5.74, 6) is 1.53. The van der Waals surface area contributed by atoms with Crippen LogP contribution in [0.3, 0.4) is 0 Å². The molecule has 0 bridgehead atoms. The summed E-state index contributed by atoms with van der Waals surface area (Å²) in [6.45, 7) is 3.84. The summed E-state index contributed by atoms with van der Waals surface area (Å²) in [5.41, 5.74) is 0. The molecule has 3 nitrogen and oxygen atoms in total. The average molecular weight is 246 g/mol. The van der Waals surface area contributed by atoms with Crippen molar-refractivity contribution in [1.29, 1.82) is 0 Å². The molecule has 2 unspecified atom stereocenters. The fraction of sp³-hybridized carbons (Fsp3) is 0.917. The molecule has 16 heavy (non-hydrogen) atoms. The van der Waals surface area contributed by atoms with Gasteiger partial charge in [-0.3, -0.25) is 4.79 Å². The van der Waals surface area contributed by atoms with E-state index >= 15 is 0 Å². The number of carbonyl (C=O) groups excluding carboxylic acids is 1. The third kappa shape index (κ3) is 4.24. The van der Waals surface area contributed by atoms with Gasteiger partial charge in [0.1, 0.15) is 15.6 Å². The molecule has 0 radical (unpaired) electrons. The van der Waals surface area contributed by atoms with E-state index in [2.05, 4.69) is 6.92 Å². The Bertz CT molecular complexity index is 332. The molecule has 1 aliphatic rings. The first kappa shape index (κ1) is 13.7. The predicted molar refractivity (Wildman–Crippen MR) is 65.1 cm³/mol. The molecule has 0 aliphatic heterocycles. The smallest absolute Gasteiger partial charge is 0.150 e. The number of Topliss-reactive ketones (excluding diaryl/α,β-unsaturated/α-hetero) is 1. The van der Waals surface area contributed by atoms with Crippen LogP contribution in [0.25, 0.3) is 0 Å². The van der Waals surface area contributed by atoms with Gasteiger partial charge in [-0.2, -0.15) is 0 Å². The molecular formula is C12H22O3S. The van der Waals surface area contributed by atoms with Crippen molar-refractivity contribution in [2.45, 2.75) is 46.0 Å². The van der Waals surface area contributed by atoms with Gasteiger partial charge in [-0.15, -0.1) is 0 Å². The minimum atomic E-state index is -2.86. The largest absolute Gasteiger partial charge is 0.299 e. The molecule has 1 fully saturated rings. The van der Waals surface area contributed by atoms with E-state index in [9.17, 15) is 13.2 Å². The van der Waals surface area contributed by atoms with Crippen LogP contribution in [0.1, 0.15) is 46.0 Å². The van der Waals surface area contributed by atoms with Gasteiger partial charge in [0.15, 0.2) is 0 Å². The third-order valence-electron chi connectivity index (χ3n) is 3.47. The highest BCUT2D eigenvalue weighted by Gasteiger charge is 2.26. The van der Waals surface area contributed by atoms with E-state index in [0.717, 1.165) is 19.3 Å². The van der Waals surface area contributed by atoms with Gasteiger partial charge < -0.3 is 0 Å². The van der Waals surface area contributed by atoms with Crippen molar-refractivity contribution in [2.75, 3.05) is 11.5 Å². The number of sulfone groups is 1. The van der Waals surface area contributed by atoms with Crippen LogP contribution in [0.15, 0.2) is 0 Å². The van der Waals surface area contributed by atoms with Crippen LogP contribution in [-0.4, -0.2) is 25.7 Å². The summed E-state index contributed by atoms with van der Waals surface area (Å²) in [7, 11) is -2.86. The molecule has 1 saturated carbocycles. The molecule has 2 atom stereocenters. The Morgan fingerprint density at radius 3 is 2.69 bits per heavy atom. The molecule has 0 spiro atoms. The lowest BCUT2D eigenvalue weighted by atomic mass is 9.79. The first-order chi connectivity index (χ1) is 7.44. The van der Waals surface area contributed by atoms with Gasteiger partial charge >= 0.3 is 0 Å². The lowest BCUT2D eigenvalue weighted by Gasteiger charge is -2.25. The van der Waals surface area contributed by atoms with E-state index in [1.807, 2.05) is 0 Å². The molecule has 94 valence electrons. The highest BCUT2D eigenvalue weighted by atomic mass is 32.2. The average Bonchev–Trinajstić information content (AvgIpc) is 2.23. The van der Waals surface area contributed by atoms with Gasteiger partial charge in [-0.05, 0) is 31.6 Å². The predicted octanol–water partition coefficient (Wildman–Crippen LogP) is 2.21. The summed E-state index contributed by atoms with van der Waals surface area (Å²) < 4.78 is 22.6. The molecular weight excluding hydrogens is 224 g/mol. The van der Waals surface area contributed by atoms with Gasteiger partial charge in [-0.1, -0.05) is 13.8 Å². The Morgan fingerprint density at radius 1 is 1.38 bits per heavy atom. The minimum Gasteiger partial charge on any atom is -0.299 e. The van der Waals surface area contributed by atoms with Gasteiger partial charge in [0, 0.05) is 18.1 Å². The molecule has 0 aromatic rings. The Morgan fingerprint density at radius 2 is 2.06 bits per heavy atom. The molecule has 1 rings (SSSR count). The number of carbonyl (C=O) groups is 1. The summed E-state index contributed by atoms with van der Waals surface area (Å²) in [5, 5.41) is 0. The van der Waals surface area contributed by atoms with Gasteiger partial charge in [0.2, 0.25) is 0 Å². The number of ketones is 1. The lowest BCUT2D eigenvalue weighted by molar-refractivity contribution is -0.125. The van der Waals surface area contributed by atoms with Crippen LogP contribution < -0.4 is 0 Å². The lowest BCUT2D eigenvalue weighted by Crippen LogP contribution is -2.24. The second kappa shape index (κ2) is 5.80. The van der Waals surface area contributed by atoms with Crippen molar-refractivity contribution in [1.82, 2.24) is 0 Å². The second-order valence-corrected chi connectivity index (χ2v) is 7.39. The van der Waals surface area contributed by atoms with Crippen molar-refractivity contribution in [3.63, 3.8) is 0 Å². The van der Waals surface area contributed by atoms with E-state index in [1.54, 1.807) is 6.92 Å².